The third kappa shape index (κ3) is 24.0. The number of ether oxygens (including phenoxy) is 1. The highest BCUT2D eigenvalue weighted by atomic mass is 16.5. The van der Waals surface area contributed by atoms with Crippen LogP contribution in [0.25, 0.3) is 0 Å². The molecule has 4 spiro atoms. The Morgan fingerprint density at radius 2 is 0.725 bits per heavy atom. The fourth-order valence-corrected chi connectivity index (χ4v) is 27.3. The van der Waals surface area contributed by atoms with Crippen LogP contribution in [0.3, 0.4) is 0 Å². The number of aryl methyl sites for hydroxylation is 4. The molecule has 5 aliphatic carbocycles. The van der Waals surface area contributed by atoms with Crippen molar-refractivity contribution in [2.24, 2.45) is 27.1 Å². The zero-order valence-electron chi connectivity index (χ0n) is 87.3. The summed E-state index contributed by atoms with van der Waals surface area (Å²) in [5.74, 6) is 4.27. The Kier molecular flexibility index (Phi) is 36.0. The van der Waals surface area contributed by atoms with Gasteiger partial charge in [0.15, 0.2) is 0 Å². The molecule has 4 saturated heterocycles. The average molecular weight is 1900 g/mol. The van der Waals surface area contributed by atoms with Crippen molar-refractivity contribution in [1.29, 1.82) is 0 Å². The summed E-state index contributed by atoms with van der Waals surface area (Å²) in [7, 11) is 21.0. The van der Waals surface area contributed by atoms with E-state index >= 15 is 0 Å². The van der Waals surface area contributed by atoms with Crippen molar-refractivity contribution in [3.8, 4) is 0 Å². The van der Waals surface area contributed by atoms with Crippen LogP contribution in [-0.2, 0) is 128 Å². The second-order valence-corrected chi connectivity index (χ2v) is 45.0. The van der Waals surface area contributed by atoms with Crippen LogP contribution in [0.15, 0.2) is 30.3 Å². The number of carbonyl (C=O) groups is 4. The minimum absolute atomic E-state index is 0.0589. The third-order valence-corrected chi connectivity index (χ3v) is 36.0. The molecule has 29 nitrogen and oxygen atoms in total. The number of nitrogens with zero attached hydrogens (tertiary/aromatic N) is 16. The lowest BCUT2D eigenvalue weighted by molar-refractivity contribution is -0.138. The SMILES string of the molecule is CCC1(CC)CCC(c2c(CN(C)CCNC)nn3c2CCCC3)CC1.CNCCN(C)Cc1nn2c(c1C1CCC3(CC1)CCN(Cc1ccccc1)C3=O)CCC2.CNCCN(C)Cc1nn2c(c1C1CCC3(CC1)CNC(=O)C3)CCC2.CNCCN(C)Cc1nn2c(c1C1CCC3(CCNC3=O)CC1)CCC2.CNCCN(C)Cc1nn2c(c1C1CCC3(CCNC3=O)CC1)COCC2. The summed E-state index contributed by atoms with van der Waals surface area (Å²) in [6.45, 7) is 30.5. The predicted octanol–water partition coefficient (Wildman–Crippen LogP) is 12.4. The van der Waals surface area contributed by atoms with Gasteiger partial charge in [0.25, 0.3) is 0 Å². The lowest BCUT2D eigenvalue weighted by Gasteiger charge is -2.39. The summed E-state index contributed by atoms with van der Waals surface area (Å²) < 4.78 is 17.1. The van der Waals surface area contributed by atoms with E-state index in [0.29, 0.717) is 47.5 Å². The van der Waals surface area contributed by atoms with Crippen LogP contribution in [0.5, 0.6) is 0 Å². The maximum absolute atomic E-state index is 13.5. The Morgan fingerprint density at radius 3 is 1.07 bits per heavy atom. The summed E-state index contributed by atoms with van der Waals surface area (Å²) in [5.41, 5.74) is 23.3. The number of hydrogen-bond acceptors (Lipinski definition) is 20. The van der Waals surface area contributed by atoms with Gasteiger partial charge in [-0.3, -0.25) is 67.1 Å². The van der Waals surface area contributed by atoms with Gasteiger partial charge in [0.05, 0.1) is 70.2 Å². The number of rotatable bonds is 34. The molecule has 20 rings (SSSR count). The number of aromatic nitrogens is 10. The summed E-state index contributed by atoms with van der Waals surface area (Å²) in [6.07, 6.45) is 40.7. The van der Waals surface area contributed by atoms with Gasteiger partial charge in [-0.25, -0.2) is 0 Å². The number of hydrogen-bond donors (Lipinski definition) is 8. The Bertz CT molecular complexity index is 4920. The molecule has 9 aliphatic heterocycles. The maximum Gasteiger partial charge on any atom is 0.229 e. The molecule has 6 aromatic rings. The van der Waals surface area contributed by atoms with E-state index < -0.39 is 0 Å². The third-order valence-electron chi connectivity index (χ3n) is 36.0. The molecule has 0 radical (unpaired) electrons. The van der Waals surface area contributed by atoms with E-state index in [1.807, 2.05) is 41.3 Å². The van der Waals surface area contributed by atoms with Crippen molar-refractivity contribution in [2.45, 2.75) is 347 Å². The number of carbonyl (C=O) groups excluding carboxylic acids is 4. The summed E-state index contributed by atoms with van der Waals surface area (Å²) in [5, 5.41) is 50.5. The number of likely N-dealkylation sites (N-methyl/N-ethyl adjacent to an activating group) is 10. The molecule has 14 heterocycles. The average Bonchev–Trinajstić information content (AvgIpc) is 1.63. The highest BCUT2D eigenvalue weighted by Gasteiger charge is 2.52. The van der Waals surface area contributed by atoms with Crippen LogP contribution in [0.2, 0.25) is 0 Å². The number of likely N-dealkylation sites (tertiary alicyclic amines) is 1. The fourth-order valence-electron chi connectivity index (χ4n) is 27.3. The normalized spacial score (nSPS) is 23.1. The molecule has 8 N–H and O–H groups in total. The van der Waals surface area contributed by atoms with Gasteiger partial charge in [-0.15, -0.1) is 0 Å². The van der Waals surface area contributed by atoms with E-state index in [9.17, 15) is 19.2 Å². The zero-order valence-corrected chi connectivity index (χ0v) is 87.3. The fraction of sp³-hybridized carbons (Fsp3) is 0.771. The summed E-state index contributed by atoms with van der Waals surface area (Å²) >= 11 is 0. The molecule has 5 aromatic heterocycles. The number of amides is 4. The minimum Gasteiger partial charge on any atom is -0.373 e. The van der Waals surface area contributed by atoms with Gasteiger partial charge in [-0.1, -0.05) is 57.0 Å². The van der Waals surface area contributed by atoms with Crippen LogP contribution in [0, 0.1) is 27.1 Å². The first-order valence-electron chi connectivity index (χ1n) is 54.9. The Balaban J connectivity index is 0.000000125. The smallest absolute Gasteiger partial charge is 0.229 e. The van der Waals surface area contributed by atoms with E-state index in [-0.39, 0.29) is 33.5 Å². The molecular formula is C109H178N24O5. The van der Waals surface area contributed by atoms with Crippen molar-refractivity contribution in [3.63, 3.8) is 0 Å². The van der Waals surface area contributed by atoms with Crippen molar-refractivity contribution in [3.05, 3.63) is 121 Å². The molecule has 0 bridgehead atoms. The van der Waals surface area contributed by atoms with Crippen molar-refractivity contribution < 1.29 is 23.9 Å². The zero-order chi connectivity index (χ0) is 96.6. The number of fused-ring (bicyclic) bond motifs is 5. The second-order valence-electron chi connectivity index (χ2n) is 45.0. The Labute approximate surface area is 827 Å². The van der Waals surface area contributed by atoms with Crippen LogP contribution in [0.1, 0.15) is 333 Å². The molecule has 14 aliphatic rings. The molecule has 0 atom stereocenters. The molecule has 1 aromatic carbocycles. The second kappa shape index (κ2) is 47.9. The van der Waals surface area contributed by atoms with Gasteiger partial charge >= 0.3 is 0 Å². The first-order chi connectivity index (χ1) is 67.1. The van der Waals surface area contributed by atoms with E-state index in [0.717, 1.165) is 285 Å². The maximum atomic E-state index is 13.5. The molecular weight excluding hydrogens is 1730 g/mol. The predicted molar refractivity (Wildman–Crippen MR) is 548 cm³/mol. The molecule has 0 unspecified atom stereocenters. The highest BCUT2D eigenvalue weighted by Crippen LogP contribution is 2.55. The molecule has 4 amide bonds. The first kappa shape index (κ1) is 104. The quantitative estimate of drug-likeness (QED) is 0.0186. The Morgan fingerprint density at radius 1 is 0.384 bits per heavy atom. The number of nitrogens with one attached hydrogen (secondary N) is 8. The van der Waals surface area contributed by atoms with E-state index in [4.69, 9.17) is 30.2 Å². The lowest BCUT2D eigenvalue weighted by atomic mass is 9.66. The Hall–Kier alpha value is -7.29. The van der Waals surface area contributed by atoms with Gasteiger partial charge in [-0.05, 0) is 322 Å². The van der Waals surface area contributed by atoms with Gasteiger partial charge in [0.2, 0.25) is 23.6 Å². The molecule has 5 saturated carbocycles. The van der Waals surface area contributed by atoms with E-state index in [1.165, 1.54) is 189 Å². The summed E-state index contributed by atoms with van der Waals surface area (Å²) in [4.78, 5) is 63.8. The number of benzene rings is 1. The van der Waals surface area contributed by atoms with Crippen molar-refractivity contribution in [2.75, 3.05) is 169 Å². The van der Waals surface area contributed by atoms with Crippen LogP contribution >= 0.6 is 0 Å². The van der Waals surface area contributed by atoms with Gasteiger partial charge in [-0.2, -0.15) is 25.5 Å². The monoisotopic (exact) mass is 1900 g/mol. The lowest BCUT2D eigenvalue weighted by Crippen LogP contribution is -2.37. The molecule has 138 heavy (non-hydrogen) atoms. The van der Waals surface area contributed by atoms with Gasteiger partial charge < -0.3 is 52.2 Å². The summed E-state index contributed by atoms with van der Waals surface area (Å²) in [6, 6.07) is 10.4. The van der Waals surface area contributed by atoms with Gasteiger partial charge in [0.1, 0.15) is 0 Å². The minimum atomic E-state index is -0.120. The standard InChI is InChI=1S/C27H39N5O.C22H40N4.C20H33N5O2.2C20H33N5O/c1-28-15-18-30(2)20-23-25(24-9-6-16-32(24)29-23)22-10-12-27(13-11-22)14-17-31(26(27)33)19-21-7-4-3-5-8-21;1-5-22(6-2)12-10-18(11-13-22)21-19(17-25(4)16-14-23-3)24-26-15-8-7-9-20(21)26;1-21-9-10-24(2)13-16-18(17-14-27-12-11-25(17)23-16)15-3-5-20(6-4-15)7-8-22-19(20)26;1-21-11-13-24(2)14-16-18(17-4-3-12-25(17)23-16)15-5-7-20(8-6-15)9-10-22-19(20)26;1-21-9-11-24(2)13-16-19(17-4-3-10-25(17)23-16)15-5-7-20(8-6-15)12-18(26)22-14-20/h3-5,7-8,22,28H,6,9-20H2,1-2H3;18,23H,5-17H2,1-4H3;15,21H,3-14H2,1-2H3,(H,22,26);2*15,21H,3-14H2,1-2H3,(H,22,26). The van der Waals surface area contributed by atoms with Crippen LogP contribution < -0.4 is 42.5 Å². The first-order valence-corrected chi connectivity index (χ1v) is 54.9. The van der Waals surface area contributed by atoms with Crippen LogP contribution in [0.4, 0.5) is 0 Å². The molecule has 764 valence electrons. The highest BCUT2D eigenvalue weighted by molar-refractivity contribution is 5.86. The van der Waals surface area contributed by atoms with Gasteiger partial charge in [0, 0.05) is 214 Å². The van der Waals surface area contributed by atoms with E-state index in [1.54, 1.807) is 16.8 Å². The van der Waals surface area contributed by atoms with Crippen molar-refractivity contribution >= 4 is 23.6 Å². The molecule has 29 heteroatoms. The largest absolute Gasteiger partial charge is 0.373 e. The van der Waals surface area contributed by atoms with E-state index in [2.05, 4.69) is 169 Å². The topological polar surface area (TPSA) is 282 Å². The molecule has 9 fully saturated rings. The van der Waals surface area contributed by atoms with Crippen LogP contribution in [-0.4, -0.2) is 271 Å². The van der Waals surface area contributed by atoms with Crippen molar-refractivity contribution in [1.82, 2.24) is 121 Å².